The van der Waals surface area contributed by atoms with E-state index in [0.717, 1.165) is 45.0 Å². The van der Waals surface area contributed by atoms with Gasteiger partial charge in [-0.1, -0.05) is 19.8 Å². The number of guanidine groups is 1. The first kappa shape index (κ1) is 18.0. The molecule has 0 radical (unpaired) electrons. The Kier molecular flexibility index (Phi) is 6.69. The predicted molar refractivity (Wildman–Crippen MR) is 94.3 cm³/mol. The van der Waals surface area contributed by atoms with Gasteiger partial charge in [0.05, 0.1) is 6.54 Å². The number of carbonyl (C=O) groups is 1. The lowest BCUT2D eigenvalue weighted by Gasteiger charge is -2.32. The van der Waals surface area contributed by atoms with Crippen LogP contribution in [-0.4, -0.2) is 55.5 Å². The van der Waals surface area contributed by atoms with Gasteiger partial charge in [-0.2, -0.15) is 0 Å². The number of nitrogens with one attached hydrogen (secondary N) is 2. The molecule has 0 aromatic rings. The zero-order chi connectivity index (χ0) is 16.7. The summed E-state index contributed by atoms with van der Waals surface area (Å²) in [5.41, 5.74) is 5.65. The number of likely N-dealkylation sites (tertiary alicyclic amines) is 1. The molecule has 6 heteroatoms. The number of piperidine rings is 1. The molecule has 2 rings (SSSR count). The fraction of sp³-hybridized carbons (Fsp3) is 0.882. The zero-order valence-electron chi connectivity index (χ0n) is 14.7. The lowest BCUT2D eigenvalue weighted by molar-refractivity contribution is -0.119. The number of nitrogens with zero attached hydrogens (tertiary/aromatic N) is 2. The Morgan fingerprint density at radius 3 is 2.52 bits per heavy atom. The first-order chi connectivity index (χ1) is 11.0. The van der Waals surface area contributed by atoms with Gasteiger partial charge in [-0.05, 0) is 38.0 Å². The van der Waals surface area contributed by atoms with E-state index >= 15 is 0 Å². The molecule has 1 aliphatic carbocycles. The third-order valence-corrected chi connectivity index (χ3v) is 5.08. The van der Waals surface area contributed by atoms with Crippen LogP contribution in [0.4, 0.5) is 0 Å². The van der Waals surface area contributed by atoms with Crippen LogP contribution in [0.15, 0.2) is 4.99 Å². The van der Waals surface area contributed by atoms with E-state index in [1.165, 1.54) is 25.7 Å². The van der Waals surface area contributed by atoms with Crippen LogP contribution in [0.5, 0.6) is 0 Å². The van der Waals surface area contributed by atoms with Crippen LogP contribution < -0.4 is 16.4 Å². The maximum atomic E-state index is 11.0. The molecular weight excluding hydrogens is 290 g/mol. The summed E-state index contributed by atoms with van der Waals surface area (Å²) in [6, 6.07) is 0.424. The van der Waals surface area contributed by atoms with Crippen LogP contribution in [0.3, 0.4) is 0 Å². The topological polar surface area (TPSA) is 82.8 Å². The minimum Gasteiger partial charge on any atom is -0.369 e. The van der Waals surface area contributed by atoms with Crippen LogP contribution in [0.1, 0.15) is 52.4 Å². The highest BCUT2D eigenvalue weighted by Gasteiger charge is 2.28. The van der Waals surface area contributed by atoms with Crippen LogP contribution in [-0.2, 0) is 4.79 Å². The van der Waals surface area contributed by atoms with Gasteiger partial charge < -0.3 is 16.4 Å². The van der Waals surface area contributed by atoms with E-state index in [4.69, 9.17) is 10.7 Å². The Morgan fingerprint density at radius 2 is 1.96 bits per heavy atom. The molecule has 23 heavy (non-hydrogen) atoms. The molecule has 0 atom stereocenters. The molecule has 0 bridgehead atoms. The van der Waals surface area contributed by atoms with Crippen molar-refractivity contribution in [2.75, 3.05) is 32.7 Å². The van der Waals surface area contributed by atoms with Crippen molar-refractivity contribution in [2.45, 2.75) is 58.4 Å². The van der Waals surface area contributed by atoms with E-state index < -0.39 is 0 Å². The van der Waals surface area contributed by atoms with E-state index in [-0.39, 0.29) is 5.91 Å². The Bertz CT molecular complexity index is 409. The maximum absolute atomic E-state index is 11.0. The average molecular weight is 323 g/mol. The summed E-state index contributed by atoms with van der Waals surface area (Å²) in [4.78, 5) is 18.0. The van der Waals surface area contributed by atoms with Gasteiger partial charge in [0.25, 0.3) is 0 Å². The van der Waals surface area contributed by atoms with Gasteiger partial charge in [-0.15, -0.1) is 0 Å². The Hall–Kier alpha value is -1.30. The second-order valence-electron chi connectivity index (χ2n) is 7.37. The van der Waals surface area contributed by atoms with Gasteiger partial charge >= 0.3 is 0 Å². The van der Waals surface area contributed by atoms with Crippen molar-refractivity contribution in [3.8, 4) is 0 Å². The van der Waals surface area contributed by atoms with Crippen molar-refractivity contribution in [1.82, 2.24) is 15.5 Å². The van der Waals surface area contributed by atoms with Crippen LogP contribution in [0.25, 0.3) is 0 Å². The van der Waals surface area contributed by atoms with Crippen molar-refractivity contribution < 1.29 is 4.79 Å². The molecule has 1 heterocycles. The first-order valence-electron chi connectivity index (χ1n) is 9.06. The number of rotatable bonds is 6. The molecule has 2 aliphatic rings. The highest BCUT2D eigenvalue weighted by atomic mass is 16.1. The molecule has 6 nitrogen and oxygen atoms in total. The van der Waals surface area contributed by atoms with Crippen molar-refractivity contribution >= 4 is 11.9 Å². The van der Waals surface area contributed by atoms with Gasteiger partial charge in [-0.3, -0.25) is 14.7 Å². The molecule has 1 amide bonds. The molecule has 1 aliphatic heterocycles. The van der Waals surface area contributed by atoms with Crippen molar-refractivity contribution in [1.29, 1.82) is 0 Å². The van der Waals surface area contributed by atoms with Crippen LogP contribution in [0.2, 0.25) is 0 Å². The third-order valence-electron chi connectivity index (χ3n) is 5.08. The van der Waals surface area contributed by atoms with Crippen molar-refractivity contribution in [2.24, 2.45) is 16.1 Å². The Balaban J connectivity index is 1.81. The summed E-state index contributed by atoms with van der Waals surface area (Å²) in [6.45, 7) is 8.44. The second kappa shape index (κ2) is 8.52. The van der Waals surface area contributed by atoms with Gasteiger partial charge in [-0.25, -0.2) is 0 Å². The number of aliphatic imine (C=N–C) groups is 1. The lowest BCUT2D eigenvalue weighted by atomic mass is 9.89. The van der Waals surface area contributed by atoms with Crippen LogP contribution in [0, 0.1) is 5.41 Å². The molecular formula is C17H33N5O. The Morgan fingerprint density at radius 1 is 1.30 bits per heavy atom. The fourth-order valence-electron chi connectivity index (χ4n) is 3.63. The summed E-state index contributed by atoms with van der Waals surface area (Å²) in [5.74, 6) is 0.699. The van der Waals surface area contributed by atoms with Gasteiger partial charge in [0.2, 0.25) is 5.91 Å². The number of hydrogen-bond acceptors (Lipinski definition) is 3. The molecule has 4 N–H and O–H groups in total. The standard InChI is InChI=1S/C17H33N5O/c1-3-19-16(20-13-17(2)8-4-5-9-17)21-14-6-10-22(11-7-14)12-15(18)23/h14H,3-13H2,1-2H3,(H2,18,23)(H2,19,20,21). The summed E-state index contributed by atoms with van der Waals surface area (Å²) >= 11 is 0. The lowest BCUT2D eigenvalue weighted by Crippen LogP contribution is -2.50. The van der Waals surface area contributed by atoms with E-state index in [9.17, 15) is 4.79 Å². The zero-order valence-corrected chi connectivity index (χ0v) is 14.7. The quantitative estimate of drug-likeness (QED) is 0.504. The Labute approximate surface area is 140 Å². The van der Waals surface area contributed by atoms with E-state index in [1.54, 1.807) is 0 Å². The SMILES string of the molecule is CCNC(=NCC1(C)CCCC1)NC1CCN(CC(N)=O)CC1. The molecule has 2 fully saturated rings. The summed E-state index contributed by atoms with van der Waals surface area (Å²) in [7, 11) is 0. The summed E-state index contributed by atoms with van der Waals surface area (Å²) in [6.07, 6.45) is 7.31. The molecule has 1 saturated heterocycles. The van der Waals surface area contributed by atoms with E-state index in [1.807, 2.05) is 0 Å². The van der Waals surface area contributed by atoms with Gasteiger partial charge in [0, 0.05) is 32.2 Å². The molecule has 0 aromatic carbocycles. The smallest absolute Gasteiger partial charge is 0.231 e. The van der Waals surface area contributed by atoms with Crippen molar-refractivity contribution in [3.05, 3.63) is 0 Å². The molecule has 0 aromatic heterocycles. The normalized spacial score (nSPS) is 23.0. The minimum atomic E-state index is -0.240. The second-order valence-corrected chi connectivity index (χ2v) is 7.37. The summed E-state index contributed by atoms with van der Waals surface area (Å²) < 4.78 is 0. The molecule has 1 saturated carbocycles. The first-order valence-corrected chi connectivity index (χ1v) is 9.06. The van der Waals surface area contributed by atoms with Gasteiger partial charge in [0.1, 0.15) is 0 Å². The average Bonchev–Trinajstić information content (AvgIpc) is 2.94. The monoisotopic (exact) mass is 323 g/mol. The van der Waals surface area contributed by atoms with Crippen molar-refractivity contribution in [3.63, 3.8) is 0 Å². The summed E-state index contributed by atoms with van der Waals surface area (Å²) in [5, 5.41) is 6.93. The van der Waals surface area contributed by atoms with Gasteiger partial charge in [0.15, 0.2) is 5.96 Å². The predicted octanol–water partition coefficient (Wildman–Crippen LogP) is 1.07. The number of hydrogen-bond donors (Lipinski definition) is 3. The van der Waals surface area contributed by atoms with E-state index in [2.05, 4.69) is 29.4 Å². The number of primary amides is 1. The minimum absolute atomic E-state index is 0.240. The highest BCUT2D eigenvalue weighted by molar-refractivity contribution is 5.80. The highest BCUT2D eigenvalue weighted by Crippen LogP contribution is 2.37. The third kappa shape index (κ3) is 6.01. The fourth-order valence-corrected chi connectivity index (χ4v) is 3.63. The van der Waals surface area contributed by atoms with Crippen LogP contribution >= 0.6 is 0 Å². The molecule has 0 unspecified atom stereocenters. The van der Waals surface area contributed by atoms with E-state index in [0.29, 0.717) is 18.0 Å². The number of amides is 1. The largest absolute Gasteiger partial charge is 0.369 e. The molecule has 132 valence electrons. The maximum Gasteiger partial charge on any atom is 0.231 e. The molecule has 0 spiro atoms. The number of nitrogens with two attached hydrogens (primary N) is 1. The number of carbonyl (C=O) groups excluding carboxylic acids is 1.